The molecule has 3 atom stereocenters. The maximum atomic E-state index is 3.72. The van der Waals surface area contributed by atoms with Crippen molar-refractivity contribution < 1.29 is 0 Å². The van der Waals surface area contributed by atoms with Crippen LogP contribution in [0.5, 0.6) is 0 Å². The number of likely N-dealkylation sites (N-methyl/N-ethyl adjacent to an activating group) is 1. The molecule has 0 aliphatic heterocycles. The average Bonchev–Trinajstić information content (AvgIpc) is 2.41. The molecule has 1 N–H and O–H groups in total. The third-order valence-corrected chi connectivity index (χ3v) is 4.06. The van der Waals surface area contributed by atoms with Gasteiger partial charge in [-0.1, -0.05) is 70.9 Å². The number of nitrogens with one attached hydrogen (secondary N) is 1. The summed E-state index contributed by atoms with van der Waals surface area (Å²) in [6.07, 6.45) is 5.13. The van der Waals surface area contributed by atoms with E-state index < -0.39 is 0 Å². The third-order valence-electron chi connectivity index (χ3n) is 4.06. The maximum Gasteiger partial charge on any atom is 0.0138 e. The van der Waals surface area contributed by atoms with E-state index in [9.17, 15) is 0 Å². The predicted molar refractivity (Wildman–Crippen MR) is 85.6 cm³/mol. The highest BCUT2D eigenvalue weighted by atomic mass is 14.9. The second-order valence-electron chi connectivity index (χ2n) is 5.72. The second kappa shape index (κ2) is 9.14. The van der Waals surface area contributed by atoms with Gasteiger partial charge >= 0.3 is 0 Å². The molecule has 1 nitrogen and oxygen atoms in total. The van der Waals surface area contributed by atoms with Crippen LogP contribution in [0.25, 0.3) is 0 Å². The molecule has 19 heavy (non-hydrogen) atoms. The minimum absolute atomic E-state index is 0.610. The van der Waals surface area contributed by atoms with Crippen LogP contribution in [0.4, 0.5) is 0 Å². The normalized spacial score (nSPS) is 16.0. The molecule has 1 heteroatoms. The third kappa shape index (κ3) is 5.36. The van der Waals surface area contributed by atoms with Crippen molar-refractivity contribution in [2.45, 2.75) is 65.3 Å². The molecule has 1 aromatic rings. The van der Waals surface area contributed by atoms with Crippen molar-refractivity contribution in [3.63, 3.8) is 0 Å². The zero-order valence-electron chi connectivity index (χ0n) is 13.2. The summed E-state index contributed by atoms with van der Waals surface area (Å²) in [5.74, 6) is 1.45. The van der Waals surface area contributed by atoms with E-state index >= 15 is 0 Å². The summed E-state index contributed by atoms with van der Waals surface area (Å²) in [5, 5.41) is 3.72. The first kappa shape index (κ1) is 16.2. The van der Waals surface area contributed by atoms with Crippen LogP contribution in [0, 0.1) is 5.92 Å². The molecule has 0 saturated heterocycles. The van der Waals surface area contributed by atoms with Gasteiger partial charge in [-0.3, -0.25) is 0 Å². The lowest BCUT2D eigenvalue weighted by atomic mass is 9.83. The van der Waals surface area contributed by atoms with Gasteiger partial charge in [0.1, 0.15) is 0 Å². The maximum absolute atomic E-state index is 3.72. The average molecular weight is 261 g/mol. The fraction of sp³-hybridized carbons (Fsp3) is 0.667. The highest BCUT2D eigenvalue weighted by Crippen LogP contribution is 2.28. The molecule has 0 heterocycles. The highest BCUT2D eigenvalue weighted by Gasteiger charge is 2.22. The molecule has 0 fully saturated rings. The van der Waals surface area contributed by atoms with Gasteiger partial charge in [-0.2, -0.15) is 0 Å². The minimum atomic E-state index is 0.610. The lowest BCUT2D eigenvalue weighted by molar-refractivity contribution is 0.339. The molecule has 108 valence electrons. The quantitative estimate of drug-likeness (QED) is 0.660. The van der Waals surface area contributed by atoms with E-state index in [1.807, 2.05) is 0 Å². The Morgan fingerprint density at radius 1 is 1.05 bits per heavy atom. The van der Waals surface area contributed by atoms with Gasteiger partial charge in [-0.15, -0.1) is 0 Å². The predicted octanol–water partition coefficient (Wildman–Crippen LogP) is 4.98. The van der Waals surface area contributed by atoms with Gasteiger partial charge in [0.2, 0.25) is 0 Å². The summed E-state index contributed by atoms with van der Waals surface area (Å²) >= 11 is 0. The molecule has 3 unspecified atom stereocenters. The van der Waals surface area contributed by atoms with Gasteiger partial charge in [0, 0.05) is 6.04 Å². The Hall–Kier alpha value is -0.820. The lowest BCUT2D eigenvalue weighted by Gasteiger charge is -2.30. The first-order chi connectivity index (χ1) is 9.22. The Balaban J connectivity index is 2.76. The smallest absolute Gasteiger partial charge is 0.0138 e. The van der Waals surface area contributed by atoms with E-state index in [1.54, 1.807) is 0 Å². The first-order valence-electron chi connectivity index (χ1n) is 8.01. The van der Waals surface area contributed by atoms with E-state index in [2.05, 4.69) is 63.3 Å². The van der Waals surface area contributed by atoms with Gasteiger partial charge in [-0.25, -0.2) is 0 Å². The van der Waals surface area contributed by atoms with E-state index in [4.69, 9.17) is 0 Å². The van der Waals surface area contributed by atoms with Crippen molar-refractivity contribution in [3.05, 3.63) is 35.9 Å². The van der Waals surface area contributed by atoms with Crippen LogP contribution in [0.15, 0.2) is 30.3 Å². The molecule has 0 amide bonds. The molecule has 0 bridgehead atoms. The second-order valence-corrected chi connectivity index (χ2v) is 5.72. The van der Waals surface area contributed by atoms with Crippen molar-refractivity contribution in [2.75, 3.05) is 6.54 Å². The number of hydrogen-bond donors (Lipinski definition) is 1. The van der Waals surface area contributed by atoms with Crippen LogP contribution in [0.1, 0.15) is 64.9 Å². The molecule has 1 aromatic carbocycles. The van der Waals surface area contributed by atoms with Crippen LogP contribution in [-0.4, -0.2) is 12.6 Å². The van der Waals surface area contributed by atoms with Crippen molar-refractivity contribution in [2.24, 2.45) is 5.92 Å². The van der Waals surface area contributed by atoms with Gasteiger partial charge in [0.25, 0.3) is 0 Å². The number of hydrogen-bond acceptors (Lipinski definition) is 1. The minimum Gasteiger partial charge on any atom is -0.314 e. The topological polar surface area (TPSA) is 12.0 Å². The molecule has 0 saturated carbocycles. The van der Waals surface area contributed by atoms with Gasteiger partial charge < -0.3 is 5.32 Å². The summed E-state index contributed by atoms with van der Waals surface area (Å²) in [6.45, 7) is 10.3. The van der Waals surface area contributed by atoms with Gasteiger partial charge in [-0.05, 0) is 36.8 Å². The molecule has 0 aromatic heterocycles. The Bertz CT molecular complexity index is 320. The molecule has 1 rings (SSSR count). The fourth-order valence-electron chi connectivity index (χ4n) is 3.15. The molecule has 0 aliphatic carbocycles. The number of benzene rings is 1. The summed E-state index contributed by atoms with van der Waals surface area (Å²) in [7, 11) is 0. The van der Waals surface area contributed by atoms with E-state index in [0.717, 1.165) is 12.5 Å². The Kier molecular flexibility index (Phi) is 7.81. The summed E-state index contributed by atoms with van der Waals surface area (Å²) < 4.78 is 0. The van der Waals surface area contributed by atoms with Crippen molar-refractivity contribution in [3.8, 4) is 0 Å². The van der Waals surface area contributed by atoms with E-state index in [0.29, 0.717) is 12.0 Å². The Labute approximate surface area is 119 Å². The molecular formula is C18H31N. The van der Waals surface area contributed by atoms with Crippen molar-refractivity contribution in [1.29, 1.82) is 0 Å². The molecule has 0 spiro atoms. The SMILES string of the molecule is CCCC(C)CC(NCC)C(CC)c1ccccc1. The summed E-state index contributed by atoms with van der Waals surface area (Å²) in [6, 6.07) is 11.6. The van der Waals surface area contributed by atoms with E-state index in [1.165, 1.54) is 31.2 Å². The number of rotatable bonds is 9. The van der Waals surface area contributed by atoms with Gasteiger partial charge in [0.15, 0.2) is 0 Å². The van der Waals surface area contributed by atoms with Gasteiger partial charge in [0.05, 0.1) is 0 Å². The monoisotopic (exact) mass is 261 g/mol. The Morgan fingerprint density at radius 3 is 2.26 bits per heavy atom. The van der Waals surface area contributed by atoms with Crippen LogP contribution >= 0.6 is 0 Å². The van der Waals surface area contributed by atoms with Crippen LogP contribution in [0.2, 0.25) is 0 Å². The molecule has 0 radical (unpaired) electrons. The van der Waals surface area contributed by atoms with Crippen molar-refractivity contribution in [1.82, 2.24) is 5.32 Å². The zero-order valence-corrected chi connectivity index (χ0v) is 13.2. The first-order valence-corrected chi connectivity index (χ1v) is 8.01. The lowest BCUT2D eigenvalue weighted by Crippen LogP contribution is -2.36. The summed E-state index contributed by atoms with van der Waals surface area (Å²) in [4.78, 5) is 0. The summed E-state index contributed by atoms with van der Waals surface area (Å²) in [5.41, 5.74) is 1.49. The standard InChI is InChI=1S/C18H31N/c1-5-11-15(4)14-18(19-7-3)17(6-2)16-12-9-8-10-13-16/h8-10,12-13,15,17-19H,5-7,11,14H2,1-4H3. The van der Waals surface area contributed by atoms with Crippen LogP contribution in [-0.2, 0) is 0 Å². The largest absolute Gasteiger partial charge is 0.314 e. The molecule has 0 aliphatic rings. The highest BCUT2D eigenvalue weighted by molar-refractivity contribution is 5.21. The fourth-order valence-corrected chi connectivity index (χ4v) is 3.15. The zero-order chi connectivity index (χ0) is 14.1. The van der Waals surface area contributed by atoms with Crippen LogP contribution in [0.3, 0.4) is 0 Å². The van der Waals surface area contributed by atoms with Crippen LogP contribution < -0.4 is 5.32 Å². The van der Waals surface area contributed by atoms with E-state index in [-0.39, 0.29) is 0 Å². The van der Waals surface area contributed by atoms with Crippen molar-refractivity contribution >= 4 is 0 Å². The molecular weight excluding hydrogens is 230 g/mol. The Morgan fingerprint density at radius 2 is 1.74 bits per heavy atom.